The first kappa shape index (κ1) is 16.5. The first-order chi connectivity index (χ1) is 11.4. The van der Waals surface area contributed by atoms with Gasteiger partial charge < -0.3 is 5.32 Å². The van der Waals surface area contributed by atoms with E-state index in [-0.39, 0.29) is 17.1 Å². The lowest BCUT2D eigenvalue weighted by molar-refractivity contribution is -0.115. The molecule has 0 aliphatic carbocycles. The molecule has 0 radical (unpaired) electrons. The van der Waals surface area contributed by atoms with Crippen molar-refractivity contribution in [2.45, 2.75) is 11.3 Å². The van der Waals surface area contributed by atoms with Crippen LogP contribution in [0.1, 0.15) is 6.42 Å². The standard InChI is InChI=1S/C16H13FN2O3S2/c17-11-1-4-13(5-2-11)24(21,22)8-7-16(20)19-12-3-6-15-14(9-12)18-10-23-15/h1-6,9-10H,7-8H2,(H,19,20). The van der Waals surface area contributed by atoms with E-state index >= 15 is 0 Å². The lowest BCUT2D eigenvalue weighted by Gasteiger charge is -2.06. The summed E-state index contributed by atoms with van der Waals surface area (Å²) in [5.74, 6) is -1.26. The van der Waals surface area contributed by atoms with Gasteiger partial charge in [0.25, 0.3) is 0 Å². The molecular formula is C16H13FN2O3S2. The van der Waals surface area contributed by atoms with Gasteiger partial charge in [-0.1, -0.05) is 0 Å². The van der Waals surface area contributed by atoms with Gasteiger partial charge in [0, 0.05) is 12.1 Å². The molecule has 2 aromatic carbocycles. The highest BCUT2D eigenvalue weighted by Crippen LogP contribution is 2.21. The summed E-state index contributed by atoms with van der Waals surface area (Å²) in [4.78, 5) is 16.1. The normalized spacial score (nSPS) is 11.5. The van der Waals surface area contributed by atoms with E-state index in [0.29, 0.717) is 5.69 Å². The molecule has 0 bridgehead atoms. The van der Waals surface area contributed by atoms with Crippen molar-refractivity contribution in [2.24, 2.45) is 0 Å². The van der Waals surface area contributed by atoms with Crippen LogP contribution in [0.3, 0.4) is 0 Å². The van der Waals surface area contributed by atoms with E-state index in [1.54, 1.807) is 17.6 Å². The highest BCUT2D eigenvalue weighted by Gasteiger charge is 2.16. The van der Waals surface area contributed by atoms with Crippen LogP contribution >= 0.6 is 11.3 Å². The lowest BCUT2D eigenvalue weighted by Crippen LogP contribution is -2.17. The molecule has 3 aromatic rings. The van der Waals surface area contributed by atoms with E-state index in [1.165, 1.54) is 23.5 Å². The number of rotatable bonds is 5. The van der Waals surface area contributed by atoms with Gasteiger partial charge in [0.2, 0.25) is 5.91 Å². The Morgan fingerprint density at radius 3 is 2.67 bits per heavy atom. The molecule has 0 spiro atoms. The van der Waals surface area contributed by atoms with Crippen LogP contribution in [-0.2, 0) is 14.6 Å². The average Bonchev–Trinajstić information content (AvgIpc) is 3.01. The number of fused-ring (bicyclic) bond motifs is 1. The van der Waals surface area contributed by atoms with Gasteiger partial charge in [-0.2, -0.15) is 0 Å². The monoisotopic (exact) mass is 364 g/mol. The summed E-state index contributed by atoms with van der Waals surface area (Å²) in [7, 11) is -3.63. The number of sulfone groups is 1. The van der Waals surface area contributed by atoms with Gasteiger partial charge in [-0.05, 0) is 42.5 Å². The van der Waals surface area contributed by atoms with E-state index in [1.807, 2.05) is 6.07 Å². The predicted octanol–water partition coefficient (Wildman–Crippen LogP) is 3.24. The molecular weight excluding hydrogens is 351 g/mol. The summed E-state index contributed by atoms with van der Waals surface area (Å²) < 4.78 is 38.1. The minimum absolute atomic E-state index is 0.000549. The highest BCUT2D eigenvalue weighted by molar-refractivity contribution is 7.91. The summed E-state index contributed by atoms with van der Waals surface area (Å²) >= 11 is 1.50. The van der Waals surface area contributed by atoms with Crippen LogP contribution in [0, 0.1) is 5.82 Å². The quantitative estimate of drug-likeness (QED) is 0.705. The molecule has 0 unspecified atom stereocenters. The van der Waals surface area contributed by atoms with Crippen LogP contribution < -0.4 is 5.32 Å². The molecule has 8 heteroatoms. The van der Waals surface area contributed by atoms with Gasteiger partial charge >= 0.3 is 0 Å². The maximum Gasteiger partial charge on any atom is 0.225 e. The van der Waals surface area contributed by atoms with E-state index in [2.05, 4.69) is 10.3 Å². The summed E-state index contributed by atoms with van der Waals surface area (Å²) in [5.41, 5.74) is 3.06. The van der Waals surface area contributed by atoms with Crippen molar-refractivity contribution in [1.82, 2.24) is 4.98 Å². The number of hydrogen-bond acceptors (Lipinski definition) is 5. The molecule has 124 valence electrons. The van der Waals surface area contributed by atoms with E-state index < -0.39 is 21.6 Å². The number of benzene rings is 2. The van der Waals surface area contributed by atoms with Crippen molar-refractivity contribution in [1.29, 1.82) is 0 Å². The Hall–Kier alpha value is -2.32. The molecule has 0 fully saturated rings. The summed E-state index contributed by atoms with van der Waals surface area (Å²) in [6.45, 7) is 0. The SMILES string of the molecule is O=C(CCS(=O)(=O)c1ccc(F)cc1)Nc1ccc2scnc2c1. The van der Waals surface area contributed by atoms with Crippen LogP contribution in [0.2, 0.25) is 0 Å². The zero-order valence-electron chi connectivity index (χ0n) is 12.4. The van der Waals surface area contributed by atoms with Crippen molar-refractivity contribution in [3.05, 3.63) is 53.8 Å². The molecule has 5 nitrogen and oxygen atoms in total. The number of nitrogens with zero attached hydrogens (tertiary/aromatic N) is 1. The molecule has 3 rings (SSSR count). The molecule has 0 aliphatic heterocycles. The topological polar surface area (TPSA) is 76.1 Å². The lowest BCUT2D eigenvalue weighted by atomic mass is 10.3. The molecule has 1 heterocycles. The first-order valence-electron chi connectivity index (χ1n) is 7.05. The van der Waals surface area contributed by atoms with Crippen molar-refractivity contribution in [2.75, 3.05) is 11.1 Å². The Bertz CT molecular complexity index is 982. The van der Waals surface area contributed by atoms with Crippen molar-refractivity contribution >= 4 is 43.0 Å². The Balaban J connectivity index is 1.63. The number of hydrogen-bond donors (Lipinski definition) is 1. The number of carbonyl (C=O) groups is 1. The fraction of sp³-hybridized carbons (Fsp3) is 0.125. The highest BCUT2D eigenvalue weighted by atomic mass is 32.2. The minimum atomic E-state index is -3.63. The van der Waals surface area contributed by atoms with Crippen LogP contribution in [0.15, 0.2) is 52.9 Å². The third-order valence-corrected chi connectivity index (χ3v) is 5.93. The molecule has 0 saturated heterocycles. The van der Waals surface area contributed by atoms with Crippen LogP contribution in [0.5, 0.6) is 0 Å². The molecule has 0 aliphatic rings. The molecule has 1 amide bonds. The Kier molecular flexibility index (Phi) is 4.59. The van der Waals surface area contributed by atoms with Crippen LogP contribution in [0.4, 0.5) is 10.1 Å². The Morgan fingerprint density at radius 2 is 1.92 bits per heavy atom. The Morgan fingerprint density at radius 1 is 1.17 bits per heavy atom. The van der Waals surface area contributed by atoms with Crippen molar-refractivity contribution < 1.29 is 17.6 Å². The van der Waals surface area contributed by atoms with Crippen molar-refractivity contribution in [3.63, 3.8) is 0 Å². The number of carbonyl (C=O) groups excluding carboxylic acids is 1. The fourth-order valence-electron chi connectivity index (χ4n) is 2.15. The maximum atomic E-state index is 12.9. The molecule has 1 N–H and O–H groups in total. The molecule has 0 saturated carbocycles. The zero-order chi connectivity index (χ0) is 17.2. The van der Waals surface area contributed by atoms with Gasteiger partial charge in [-0.3, -0.25) is 4.79 Å². The number of halogens is 1. The van der Waals surface area contributed by atoms with Gasteiger partial charge in [0.15, 0.2) is 9.84 Å². The zero-order valence-corrected chi connectivity index (χ0v) is 14.0. The second-order valence-electron chi connectivity index (χ2n) is 5.11. The number of nitrogens with one attached hydrogen (secondary N) is 1. The predicted molar refractivity (Wildman–Crippen MR) is 91.3 cm³/mol. The number of thiazole rings is 1. The largest absolute Gasteiger partial charge is 0.326 e. The van der Waals surface area contributed by atoms with Crippen molar-refractivity contribution in [3.8, 4) is 0 Å². The smallest absolute Gasteiger partial charge is 0.225 e. The molecule has 1 aromatic heterocycles. The van der Waals surface area contributed by atoms with Gasteiger partial charge in [-0.25, -0.2) is 17.8 Å². The molecule has 0 atom stereocenters. The minimum Gasteiger partial charge on any atom is -0.326 e. The molecule has 24 heavy (non-hydrogen) atoms. The van der Waals surface area contributed by atoms with E-state index in [0.717, 1.165) is 22.3 Å². The maximum absolute atomic E-state index is 12.9. The third-order valence-electron chi connectivity index (χ3n) is 3.38. The summed E-state index contributed by atoms with van der Waals surface area (Å²) in [6, 6.07) is 9.87. The summed E-state index contributed by atoms with van der Waals surface area (Å²) in [6.07, 6.45) is -0.186. The summed E-state index contributed by atoms with van der Waals surface area (Å²) in [5, 5.41) is 2.66. The number of anilines is 1. The third kappa shape index (κ3) is 3.77. The van der Waals surface area contributed by atoms with Gasteiger partial charge in [0.05, 0.1) is 26.4 Å². The van der Waals surface area contributed by atoms with Crippen LogP contribution in [-0.4, -0.2) is 25.1 Å². The average molecular weight is 364 g/mol. The number of amides is 1. The fourth-order valence-corrected chi connectivity index (χ4v) is 4.05. The first-order valence-corrected chi connectivity index (χ1v) is 9.59. The van der Waals surface area contributed by atoms with E-state index in [4.69, 9.17) is 0 Å². The Labute approximate surface area is 142 Å². The van der Waals surface area contributed by atoms with Gasteiger partial charge in [-0.15, -0.1) is 11.3 Å². The van der Waals surface area contributed by atoms with Gasteiger partial charge in [0.1, 0.15) is 5.82 Å². The van der Waals surface area contributed by atoms with Crippen LogP contribution in [0.25, 0.3) is 10.2 Å². The second kappa shape index (κ2) is 6.66. The van der Waals surface area contributed by atoms with E-state index in [9.17, 15) is 17.6 Å². The second-order valence-corrected chi connectivity index (χ2v) is 8.10. The number of aromatic nitrogens is 1.